The summed E-state index contributed by atoms with van der Waals surface area (Å²) in [5.74, 6) is -0.279. The summed E-state index contributed by atoms with van der Waals surface area (Å²) in [7, 11) is 0. The number of aryl methyl sites for hydroxylation is 1. The first-order valence-corrected chi connectivity index (χ1v) is 8.17. The van der Waals surface area contributed by atoms with Gasteiger partial charge >= 0.3 is 0 Å². The van der Waals surface area contributed by atoms with E-state index in [1.807, 2.05) is 12.1 Å². The number of amides is 1. The SMILES string of the molecule is Cc1cc(C(=O)NC(Cc2ccncc2)C2CC(O)C2)ccc1F. The second kappa shape index (κ2) is 7.09. The topological polar surface area (TPSA) is 62.2 Å². The summed E-state index contributed by atoms with van der Waals surface area (Å²) in [5, 5.41) is 12.6. The molecule has 126 valence electrons. The van der Waals surface area contributed by atoms with E-state index >= 15 is 0 Å². The number of aromatic nitrogens is 1. The summed E-state index contributed by atoms with van der Waals surface area (Å²) in [4.78, 5) is 16.5. The van der Waals surface area contributed by atoms with Crippen molar-refractivity contribution in [2.45, 2.75) is 38.3 Å². The Labute approximate surface area is 140 Å². The van der Waals surface area contributed by atoms with Gasteiger partial charge < -0.3 is 10.4 Å². The standard InChI is InChI=1S/C19H21FN2O2/c1-12-8-14(2-3-17(12)20)19(24)22-18(15-10-16(23)11-15)9-13-4-6-21-7-5-13/h2-8,15-16,18,23H,9-11H2,1H3,(H,22,24). The lowest BCUT2D eigenvalue weighted by molar-refractivity contribution is 0.0239. The smallest absolute Gasteiger partial charge is 0.251 e. The van der Waals surface area contributed by atoms with Crippen molar-refractivity contribution in [2.75, 3.05) is 0 Å². The number of halogens is 1. The molecule has 4 nitrogen and oxygen atoms in total. The number of aliphatic hydroxyl groups excluding tert-OH is 1. The Morgan fingerprint density at radius 2 is 2.04 bits per heavy atom. The fraction of sp³-hybridized carbons (Fsp3) is 0.368. The van der Waals surface area contributed by atoms with Gasteiger partial charge in [0.25, 0.3) is 5.91 Å². The zero-order chi connectivity index (χ0) is 17.1. The Bertz CT molecular complexity index is 715. The molecule has 1 heterocycles. The van der Waals surface area contributed by atoms with Gasteiger partial charge in [0, 0.05) is 24.0 Å². The van der Waals surface area contributed by atoms with Crippen LogP contribution in [0.4, 0.5) is 4.39 Å². The van der Waals surface area contributed by atoms with Crippen molar-refractivity contribution in [3.05, 3.63) is 65.2 Å². The van der Waals surface area contributed by atoms with Gasteiger partial charge in [-0.3, -0.25) is 9.78 Å². The summed E-state index contributed by atoms with van der Waals surface area (Å²) in [5.41, 5.74) is 1.99. The number of nitrogens with one attached hydrogen (secondary N) is 1. The molecule has 1 fully saturated rings. The number of carbonyl (C=O) groups excluding carboxylic acids is 1. The van der Waals surface area contributed by atoms with Crippen LogP contribution in [0.5, 0.6) is 0 Å². The van der Waals surface area contributed by atoms with E-state index in [-0.39, 0.29) is 29.8 Å². The molecule has 1 amide bonds. The summed E-state index contributed by atoms with van der Waals surface area (Å²) in [6.07, 6.45) is 5.25. The van der Waals surface area contributed by atoms with E-state index in [4.69, 9.17) is 0 Å². The third kappa shape index (κ3) is 3.79. The van der Waals surface area contributed by atoms with Crippen molar-refractivity contribution >= 4 is 5.91 Å². The second-order valence-corrected chi connectivity index (χ2v) is 6.49. The van der Waals surface area contributed by atoms with Crippen LogP contribution in [-0.4, -0.2) is 28.1 Å². The first kappa shape index (κ1) is 16.6. The van der Waals surface area contributed by atoms with Crippen molar-refractivity contribution in [1.29, 1.82) is 0 Å². The highest BCUT2D eigenvalue weighted by Gasteiger charge is 2.34. The number of rotatable bonds is 5. The molecule has 1 aromatic heterocycles. The molecule has 1 atom stereocenters. The van der Waals surface area contributed by atoms with Crippen molar-refractivity contribution in [3.8, 4) is 0 Å². The van der Waals surface area contributed by atoms with E-state index in [0.29, 0.717) is 30.4 Å². The number of hydrogen-bond acceptors (Lipinski definition) is 3. The zero-order valence-corrected chi connectivity index (χ0v) is 13.6. The summed E-state index contributed by atoms with van der Waals surface area (Å²) < 4.78 is 13.4. The minimum atomic E-state index is -0.318. The van der Waals surface area contributed by atoms with Gasteiger partial charge in [-0.1, -0.05) is 0 Å². The van der Waals surface area contributed by atoms with E-state index in [0.717, 1.165) is 5.56 Å². The fourth-order valence-corrected chi connectivity index (χ4v) is 3.10. The molecule has 1 aliphatic rings. The van der Waals surface area contributed by atoms with Crippen LogP contribution in [0.15, 0.2) is 42.7 Å². The molecule has 0 aliphatic heterocycles. The molecule has 1 saturated carbocycles. The van der Waals surface area contributed by atoms with Crippen LogP contribution in [0.3, 0.4) is 0 Å². The molecular formula is C19H21FN2O2. The molecule has 0 spiro atoms. The van der Waals surface area contributed by atoms with Crippen LogP contribution in [0.25, 0.3) is 0 Å². The number of aliphatic hydroxyl groups is 1. The van der Waals surface area contributed by atoms with Crippen LogP contribution in [0, 0.1) is 18.7 Å². The number of pyridine rings is 1. The molecule has 0 bridgehead atoms. The first-order valence-electron chi connectivity index (χ1n) is 8.17. The molecule has 24 heavy (non-hydrogen) atoms. The predicted octanol–water partition coefficient (Wildman–Crippen LogP) is 2.64. The average molecular weight is 328 g/mol. The normalized spacial score (nSPS) is 21.0. The highest BCUT2D eigenvalue weighted by atomic mass is 19.1. The van der Waals surface area contributed by atoms with E-state index in [1.165, 1.54) is 12.1 Å². The van der Waals surface area contributed by atoms with E-state index in [9.17, 15) is 14.3 Å². The number of nitrogens with zero attached hydrogens (tertiary/aromatic N) is 1. The molecule has 1 unspecified atom stereocenters. The molecule has 1 aliphatic carbocycles. The maximum absolute atomic E-state index is 13.4. The second-order valence-electron chi connectivity index (χ2n) is 6.49. The van der Waals surface area contributed by atoms with Crippen LogP contribution in [-0.2, 0) is 6.42 Å². The Hall–Kier alpha value is -2.27. The summed E-state index contributed by atoms with van der Waals surface area (Å²) >= 11 is 0. The van der Waals surface area contributed by atoms with Crippen LogP contribution in [0.1, 0.15) is 34.3 Å². The molecule has 2 N–H and O–H groups in total. The lowest BCUT2D eigenvalue weighted by Crippen LogP contribution is -2.48. The van der Waals surface area contributed by atoms with Gasteiger partial charge in [0.2, 0.25) is 0 Å². The molecule has 0 radical (unpaired) electrons. The third-order valence-corrected chi connectivity index (χ3v) is 4.66. The maximum Gasteiger partial charge on any atom is 0.251 e. The molecular weight excluding hydrogens is 307 g/mol. The molecule has 3 rings (SSSR count). The lowest BCUT2D eigenvalue weighted by Gasteiger charge is -2.38. The van der Waals surface area contributed by atoms with Crippen molar-refractivity contribution in [3.63, 3.8) is 0 Å². The highest BCUT2D eigenvalue weighted by molar-refractivity contribution is 5.94. The monoisotopic (exact) mass is 328 g/mol. The zero-order valence-electron chi connectivity index (χ0n) is 13.6. The van der Waals surface area contributed by atoms with Gasteiger partial charge in [0.05, 0.1) is 6.10 Å². The highest BCUT2D eigenvalue weighted by Crippen LogP contribution is 2.32. The summed E-state index contributed by atoms with van der Waals surface area (Å²) in [6, 6.07) is 8.16. The molecule has 5 heteroatoms. The van der Waals surface area contributed by atoms with Crippen LogP contribution < -0.4 is 5.32 Å². The Balaban J connectivity index is 1.73. The van der Waals surface area contributed by atoms with E-state index in [2.05, 4.69) is 10.3 Å². The van der Waals surface area contributed by atoms with Gasteiger partial charge in [-0.05, 0) is 73.6 Å². The largest absolute Gasteiger partial charge is 0.393 e. The fourth-order valence-electron chi connectivity index (χ4n) is 3.10. The van der Waals surface area contributed by atoms with Gasteiger partial charge in [-0.15, -0.1) is 0 Å². The van der Waals surface area contributed by atoms with Gasteiger partial charge in [0.1, 0.15) is 5.82 Å². The number of carbonyl (C=O) groups is 1. The van der Waals surface area contributed by atoms with Crippen LogP contribution in [0.2, 0.25) is 0 Å². The lowest BCUT2D eigenvalue weighted by atomic mass is 9.75. The maximum atomic E-state index is 13.4. The summed E-state index contributed by atoms with van der Waals surface area (Å²) in [6.45, 7) is 1.64. The van der Waals surface area contributed by atoms with Gasteiger partial charge in [-0.2, -0.15) is 0 Å². The minimum Gasteiger partial charge on any atom is -0.393 e. The van der Waals surface area contributed by atoms with E-state index in [1.54, 1.807) is 25.4 Å². The molecule has 0 saturated heterocycles. The van der Waals surface area contributed by atoms with Crippen LogP contribution >= 0.6 is 0 Å². The minimum absolute atomic E-state index is 0.0614. The Morgan fingerprint density at radius 1 is 1.33 bits per heavy atom. The Kier molecular flexibility index (Phi) is 4.90. The first-order chi connectivity index (χ1) is 11.5. The molecule has 2 aromatic rings. The molecule has 1 aromatic carbocycles. The number of benzene rings is 1. The van der Waals surface area contributed by atoms with E-state index < -0.39 is 0 Å². The third-order valence-electron chi connectivity index (χ3n) is 4.66. The van der Waals surface area contributed by atoms with Gasteiger partial charge in [-0.25, -0.2) is 4.39 Å². The van der Waals surface area contributed by atoms with Crippen molar-refractivity contribution < 1.29 is 14.3 Å². The Morgan fingerprint density at radius 3 is 2.67 bits per heavy atom. The quantitative estimate of drug-likeness (QED) is 0.887. The average Bonchev–Trinajstić information content (AvgIpc) is 2.55. The van der Waals surface area contributed by atoms with Gasteiger partial charge in [0.15, 0.2) is 0 Å². The predicted molar refractivity (Wildman–Crippen MR) is 89.1 cm³/mol. The van der Waals surface area contributed by atoms with Crippen molar-refractivity contribution in [1.82, 2.24) is 10.3 Å². The van der Waals surface area contributed by atoms with Crippen molar-refractivity contribution in [2.24, 2.45) is 5.92 Å². The number of hydrogen-bond donors (Lipinski definition) is 2.